The molecule has 2 aromatic heterocycles. The number of nitrogens with one attached hydrogen (secondary N) is 1. The number of anilines is 1. The standard InChI is InChI=1S/C18H18BrN5O/c1-11-5-12(2)24(23-11)17-10-20-9-16(22-17)21-8-14-7-15(19)6-13-3-4-25-18(13)14/h5-7,9-10H,3-4,8H2,1-2H3,(H,21,22). The molecule has 3 aromatic rings. The first-order valence-corrected chi connectivity index (χ1v) is 8.93. The van der Waals surface area contributed by atoms with E-state index in [1.807, 2.05) is 19.9 Å². The van der Waals surface area contributed by atoms with Crippen LogP contribution in [0.1, 0.15) is 22.5 Å². The lowest BCUT2D eigenvalue weighted by atomic mass is 10.1. The second-order valence-corrected chi connectivity index (χ2v) is 7.02. The van der Waals surface area contributed by atoms with Crippen LogP contribution in [0.2, 0.25) is 0 Å². The first-order valence-electron chi connectivity index (χ1n) is 8.14. The molecule has 0 fully saturated rings. The predicted molar refractivity (Wildman–Crippen MR) is 99.3 cm³/mol. The van der Waals surface area contributed by atoms with Crippen LogP contribution in [0.4, 0.5) is 5.82 Å². The van der Waals surface area contributed by atoms with E-state index in [4.69, 9.17) is 4.74 Å². The van der Waals surface area contributed by atoms with Crippen LogP contribution >= 0.6 is 15.9 Å². The Hall–Kier alpha value is -2.41. The summed E-state index contributed by atoms with van der Waals surface area (Å²) in [6.07, 6.45) is 4.38. The number of hydrogen-bond acceptors (Lipinski definition) is 5. The van der Waals surface area contributed by atoms with Gasteiger partial charge >= 0.3 is 0 Å². The van der Waals surface area contributed by atoms with E-state index in [2.05, 4.69) is 48.4 Å². The van der Waals surface area contributed by atoms with Gasteiger partial charge in [-0.2, -0.15) is 5.10 Å². The number of ether oxygens (including phenoxy) is 1. The molecule has 7 heteroatoms. The maximum absolute atomic E-state index is 5.77. The predicted octanol–water partition coefficient (Wildman–Crippen LogP) is 3.59. The van der Waals surface area contributed by atoms with Crippen molar-refractivity contribution in [3.63, 3.8) is 0 Å². The summed E-state index contributed by atoms with van der Waals surface area (Å²) in [6, 6.07) is 6.22. The Morgan fingerprint density at radius 1 is 1.24 bits per heavy atom. The molecule has 0 radical (unpaired) electrons. The summed E-state index contributed by atoms with van der Waals surface area (Å²) in [4.78, 5) is 8.91. The molecule has 0 bridgehead atoms. The Bertz CT molecular complexity index is 937. The molecule has 0 spiro atoms. The summed E-state index contributed by atoms with van der Waals surface area (Å²) in [5.41, 5.74) is 4.34. The van der Waals surface area contributed by atoms with E-state index in [1.54, 1.807) is 17.1 Å². The topological polar surface area (TPSA) is 64.9 Å². The smallest absolute Gasteiger partial charge is 0.174 e. The lowest BCUT2D eigenvalue weighted by molar-refractivity contribution is 0.354. The minimum Gasteiger partial charge on any atom is -0.493 e. The molecule has 1 N–H and O–H groups in total. The van der Waals surface area contributed by atoms with Crippen molar-refractivity contribution in [2.24, 2.45) is 0 Å². The average molecular weight is 400 g/mol. The third-order valence-electron chi connectivity index (χ3n) is 4.13. The molecule has 6 nitrogen and oxygen atoms in total. The number of halogens is 1. The van der Waals surface area contributed by atoms with Crippen LogP contribution < -0.4 is 10.1 Å². The highest BCUT2D eigenvalue weighted by Crippen LogP contribution is 2.33. The SMILES string of the molecule is Cc1cc(C)n(-c2cncc(NCc3cc(Br)cc4c3OCC4)n2)n1. The molecule has 0 saturated heterocycles. The first kappa shape index (κ1) is 16.1. The summed E-state index contributed by atoms with van der Waals surface area (Å²) in [7, 11) is 0. The quantitative estimate of drug-likeness (QED) is 0.725. The highest BCUT2D eigenvalue weighted by molar-refractivity contribution is 9.10. The molecule has 1 aromatic carbocycles. The summed E-state index contributed by atoms with van der Waals surface area (Å²) < 4.78 is 8.64. The molecule has 0 atom stereocenters. The zero-order valence-corrected chi connectivity index (χ0v) is 15.7. The third-order valence-corrected chi connectivity index (χ3v) is 4.59. The van der Waals surface area contributed by atoms with Crippen LogP contribution in [0.5, 0.6) is 5.75 Å². The zero-order valence-electron chi connectivity index (χ0n) is 14.1. The summed E-state index contributed by atoms with van der Waals surface area (Å²) in [5.74, 6) is 2.39. The molecular weight excluding hydrogens is 382 g/mol. The molecule has 1 aliphatic rings. The van der Waals surface area contributed by atoms with Crippen LogP contribution in [0.25, 0.3) is 5.82 Å². The fraction of sp³-hybridized carbons (Fsp3) is 0.278. The van der Waals surface area contributed by atoms with Crippen LogP contribution in [-0.2, 0) is 13.0 Å². The summed E-state index contributed by atoms with van der Waals surface area (Å²) >= 11 is 3.57. The number of rotatable bonds is 4. The normalized spacial score (nSPS) is 12.8. The van der Waals surface area contributed by atoms with Gasteiger partial charge in [-0.1, -0.05) is 15.9 Å². The zero-order chi connectivity index (χ0) is 17.4. The fourth-order valence-electron chi connectivity index (χ4n) is 3.07. The van der Waals surface area contributed by atoms with Crippen molar-refractivity contribution >= 4 is 21.7 Å². The van der Waals surface area contributed by atoms with Gasteiger partial charge < -0.3 is 10.1 Å². The number of benzene rings is 1. The number of aromatic nitrogens is 4. The van der Waals surface area contributed by atoms with Crippen LogP contribution in [0, 0.1) is 13.8 Å². The fourth-order valence-corrected chi connectivity index (χ4v) is 3.62. The molecule has 25 heavy (non-hydrogen) atoms. The average Bonchev–Trinajstić information content (AvgIpc) is 3.18. The maximum Gasteiger partial charge on any atom is 0.174 e. The van der Waals surface area contributed by atoms with E-state index in [9.17, 15) is 0 Å². The van der Waals surface area contributed by atoms with Crippen LogP contribution in [0.3, 0.4) is 0 Å². The largest absolute Gasteiger partial charge is 0.493 e. The van der Waals surface area contributed by atoms with Crippen molar-refractivity contribution in [1.29, 1.82) is 0 Å². The van der Waals surface area contributed by atoms with Crippen molar-refractivity contribution in [2.45, 2.75) is 26.8 Å². The molecule has 3 heterocycles. The van der Waals surface area contributed by atoms with Crippen molar-refractivity contribution in [2.75, 3.05) is 11.9 Å². The monoisotopic (exact) mass is 399 g/mol. The van der Waals surface area contributed by atoms with Gasteiger partial charge in [0.25, 0.3) is 0 Å². The number of nitrogens with zero attached hydrogens (tertiary/aromatic N) is 4. The molecule has 128 valence electrons. The Balaban J connectivity index is 1.57. The van der Waals surface area contributed by atoms with E-state index < -0.39 is 0 Å². The highest BCUT2D eigenvalue weighted by atomic mass is 79.9. The molecule has 0 aliphatic carbocycles. The van der Waals surface area contributed by atoms with Gasteiger partial charge in [-0.3, -0.25) is 4.98 Å². The lowest BCUT2D eigenvalue weighted by Gasteiger charge is -2.11. The maximum atomic E-state index is 5.77. The molecular formula is C18H18BrN5O. The summed E-state index contributed by atoms with van der Waals surface area (Å²) in [6.45, 7) is 5.33. The van der Waals surface area contributed by atoms with Gasteiger partial charge in [-0.05, 0) is 37.6 Å². The van der Waals surface area contributed by atoms with E-state index in [0.29, 0.717) is 18.2 Å². The van der Waals surface area contributed by atoms with E-state index in [1.165, 1.54) is 5.56 Å². The van der Waals surface area contributed by atoms with Gasteiger partial charge in [-0.25, -0.2) is 9.67 Å². The third kappa shape index (κ3) is 3.24. The Labute approximate surface area is 154 Å². The molecule has 4 rings (SSSR count). The van der Waals surface area contributed by atoms with Crippen molar-refractivity contribution < 1.29 is 4.74 Å². The van der Waals surface area contributed by atoms with Gasteiger partial charge in [0.1, 0.15) is 11.6 Å². The minimum absolute atomic E-state index is 0.622. The number of aryl methyl sites for hydroxylation is 2. The van der Waals surface area contributed by atoms with Crippen molar-refractivity contribution in [3.8, 4) is 11.6 Å². The van der Waals surface area contributed by atoms with Gasteiger partial charge in [-0.15, -0.1) is 0 Å². The molecule has 0 saturated carbocycles. The van der Waals surface area contributed by atoms with Crippen LogP contribution in [0.15, 0.2) is 35.1 Å². The van der Waals surface area contributed by atoms with Crippen molar-refractivity contribution in [1.82, 2.24) is 19.7 Å². The lowest BCUT2D eigenvalue weighted by Crippen LogP contribution is -2.07. The van der Waals surface area contributed by atoms with E-state index >= 15 is 0 Å². The molecule has 1 aliphatic heterocycles. The molecule has 0 amide bonds. The second kappa shape index (κ2) is 6.48. The van der Waals surface area contributed by atoms with Crippen molar-refractivity contribution in [3.05, 3.63) is 57.6 Å². The minimum atomic E-state index is 0.622. The second-order valence-electron chi connectivity index (χ2n) is 6.11. The van der Waals surface area contributed by atoms with E-state index in [0.717, 1.165) is 40.2 Å². The summed E-state index contributed by atoms with van der Waals surface area (Å²) in [5, 5.41) is 7.80. The van der Waals surface area contributed by atoms with E-state index in [-0.39, 0.29) is 0 Å². The Morgan fingerprint density at radius 3 is 2.92 bits per heavy atom. The number of fused-ring (bicyclic) bond motifs is 1. The highest BCUT2D eigenvalue weighted by Gasteiger charge is 2.17. The first-order chi connectivity index (χ1) is 12.1. The van der Waals surface area contributed by atoms with Gasteiger partial charge in [0, 0.05) is 28.7 Å². The van der Waals surface area contributed by atoms with Crippen LogP contribution in [-0.4, -0.2) is 26.4 Å². The Morgan fingerprint density at radius 2 is 2.12 bits per heavy atom. The van der Waals surface area contributed by atoms with Gasteiger partial charge in [0.2, 0.25) is 0 Å². The van der Waals surface area contributed by atoms with Gasteiger partial charge in [0.15, 0.2) is 5.82 Å². The number of hydrogen-bond donors (Lipinski definition) is 1. The van der Waals surface area contributed by atoms with Gasteiger partial charge in [0.05, 0.1) is 24.7 Å². The Kier molecular flexibility index (Phi) is 4.17. The molecule has 0 unspecified atom stereocenters.